The Kier molecular flexibility index (Phi) is 7.41. The molecule has 216 valence electrons. The first kappa shape index (κ1) is 27.9. The Balaban J connectivity index is 1.29. The number of nitrogens with zero attached hydrogens (tertiary/aromatic N) is 3. The summed E-state index contributed by atoms with van der Waals surface area (Å²) in [6, 6.07) is 15.2. The van der Waals surface area contributed by atoms with Crippen LogP contribution in [0.4, 0.5) is 0 Å². The van der Waals surface area contributed by atoms with Crippen molar-refractivity contribution in [3.8, 4) is 0 Å². The van der Waals surface area contributed by atoms with Gasteiger partial charge >= 0.3 is 0 Å². The number of hydrazine groups is 1. The van der Waals surface area contributed by atoms with Crippen LogP contribution in [0.5, 0.6) is 0 Å². The molecule has 2 aliphatic heterocycles. The van der Waals surface area contributed by atoms with E-state index in [1.165, 1.54) is 0 Å². The van der Waals surface area contributed by atoms with Gasteiger partial charge in [0.15, 0.2) is 0 Å². The van der Waals surface area contributed by atoms with Gasteiger partial charge in [-0.05, 0) is 85.6 Å². The third-order valence-corrected chi connectivity index (χ3v) is 9.43. The van der Waals surface area contributed by atoms with E-state index in [4.69, 9.17) is 16.6 Å². The molecule has 9 heteroatoms. The molecular weight excluding hydrogens is 536 g/mol. The Morgan fingerprint density at radius 2 is 1.76 bits per heavy atom. The van der Waals surface area contributed by atoms with Crippen LogP contribution in [0.3, 0.4) is 0 Å². The molecule has 0 unspecified atom stereocenters. The minimum Gasteiger partial charge on any atom is -0.345 e. The number of nitrogens with one attached hydrogen (secondary N) is 3. The second-order valence-corrected chi connectivity index (χ2v) is 13.4. The van der Waals surface area contributed by atoms with Crippen molar-refractivity contribution in [3.63, 3.8) is 0 Å². The summed E-state index contributed by atoms with van der Waals surface area (Å²) < 4.78 is 0. The third-order valence-electron chi connectivity index (χ3n) is 9.18. The number of amidine groups is 1. The van der Waals surface area contributed by atoms with Gasteiger partial charge in [-0.2, -0.15) is 0 Å². The van der Waals surface area contributed by atoms with E-state index in [9.17, 15) is 9.59 Å². The van der Waals surface area contributed by atoms with Gasteiger partial charge in [0.05, 0.1) is 12.6 Å². The molecule has 2 fully saturated rings. The molecule has 1 spiro atoms. The van der Waals surface area contributed by atoms with Gasteiger partial charge in [-0.1, -0.05) is 56.6 Å². The van der Waals surface area contributed by atoms with Crippen LogP contribution in [-0.2, 0) is 4.79 Å². The minimum atomic E-state index is -0.555. The Hall–Kier alpha value is -3.23. The lowest BCUT2D eigenvalue weighted by Crippen LogP contribution is -2.52. The standard InChI is InChI=1S/C32H39ClN6O2/c1-31(2,3)24-14-16-32(17-15-24)37-27(20-10-12-25(33)13-11-20)30(41)39(32)28(21-4-5-21)22-6-8-23(9-7-22)29(40)34-18-26-35-19-36-38-26/h6-13,21,24,28,36H,4-5,14-19H2,1-3H3,(H,34,40)(H,35,38)/t24?,28-,32?/m1/s1. The van der Waals surface area contributed by atoms with Gasteiger partial charge in [0.1, 0.15) is 23.9 Å². The molecule has 2 saturated carbocycles. The highest BCUT2D eigenvalue weighted by molar-refractivity contribution is 6.47. The number of amides is 2. The van der Waals surface area contributed by atoms with E-state index >= 15 is 0 Å². The van der Waals surface area contributed by atoms with Crippen LogP contribution in [-0.4, -0.2) is 47.1 Å². The lowest BCUT2D eigenvalue weighted by Gasteiger charge is -2.47. The highest BCUT2D eigenvalue weighted by Crippen LogP contribution is 2.54. The van der Waals surface area contributed by atoms with E-state index in [0.717, 1.165) is 49.7 Å². The first-order valence-corrected chi connectivity index (χ1v) is 15.1. The zero-order valence-corrected chi connectivity index (χ0v) is 24.8. The van der Waals surface area contributed by atoms with Crippen LogP contribution in [0, 0.1) is 17.3 Å². The molecule has 2 aromatic carbocycles. The molecule has 2 aromatic rings. The van der Waals surface area contributed by atoms with E-state index in [1.807, 2.05) is 48.5 Å². The molecule has 0 aromatic heterocycles. The Labute approximate surface area is 247 Å². The number of aliphatic imine (C=N–C) groups is 2. The van der Waals surface area contributed by atoms with Gasteiger partial charge in [0, 0.05) is 16.1 Å². The van der Waals surface area contributed by atoms with Gasteiger partial charge in [0.2, 0.25) is 0 Å². The summed E-state index contributed by atoms with van der Waals surface area (Å²) in [5.74, 6) is 1.53. The largest absolute Gasteiger partial charge is 0.345 e. The zero-order chi connectivity index (χ0) is 28.8. The normalized spacial score (nSPS) is 25.1. The van der Waals surface area contributed by atoms with Crippen LogP contribution in [0.2, 0.25) is 5.02 Å². The van der Waals surface area contributed by atoms with Crippen LogP contribution in [0.15, 0.2) is 58.5 Å². The van der Waals surface area contributed by atoms with E-state index in [2.05, 4.69) is 46.8 Å². The molecule has 4 aliphatic rings. The highest BCUT2D eigenvalue weighted by Gasteiger charge is 2.55. The van der Waals surface area contributed by atoms with Crippen molar-refractivity contribution in [1.29, 1.82) is 0 Å². The van der Waals surface area contributed by atoms with Crippen LogP contribution >= 0.6 is 11.6 Å². The molecule has 8 nitrogen and oxygen atoms in total. The number of benzene rings is 2. The fourth-order valence-electron chi connectivity index (χ4n) is 6.65. The van der Waals surface area contributed by atoms with Crippen molar-refractivity contribution in [2.75, 3.05) is 13.2 Å². The molecule has 0 radical (unpaired) electrons. The molecule has 41 heavy (non-hydrogen) atoms. The van der Waals surface area contributed by atoms with Crippen LogP contribution in [0.25, 0.3) is 0 Å². The molecule has 1 atom stereocenters. The van der Waals surface area contributed by atoms with Crippen molar-refractivity contribution in [1.82, 2.24) is 21.1 Å². The molecule has 2 heterocycles. The summed E-state index contributed by atoms with van der Waals surface area (Å²) in [6.07, 6.45) is 5.95. The minimum absolute atomic E-state index is 0.00121. The summed E-state index contributed by atoms with van der Waals surface area (Å²) >= 11 is 6.18. The van der Waals surface area contributed by atoms with E-state index in [1.54, 1.807) is 0 Å². The maximum atomic E-state index is 14.4. The molecule has 2 aliphatic carbocycles. The van der Waals surface area contributed by atoms with Gasteiger partial charge in [-0.25, -0.2) is 5.43 Å². The Bertz CT molecular complexity index is 1370. The SMILES string of the molecule is CC(C)(C)C1CCC2(CC1)N=C(c1ccc(Cl)cc1)C(=O)N2[C@@H](c1ccc(C(=O)NCC2=NCNN2)cc1)C1CC1. The van der Waals surface area contributed by atoms with Crippen molar-refractivity contribution < 1.29 is 9.59 Å². The van der Waals surface area contributed by atoms with E-state index in [0.29, 0.717) is 47.2 Å². The number of hydrogen-bond donors (Lipinski definition) is 3. The third kappa shape index (κ3) is 5.64. The first-order valence-electron chi connectivity index (χ1n) is 14.7. The molecular formula is C32H39ClN6O2. The van der Waals surface area contributed by atoms with Crippen molar-refractivity contribution in [2.45, 2.75) is 71.0 Å². The predicted octanol–water partition coefficient (Wildman–Crippen LogP) is 5.25. The van der Waals surface area contributed by atoms with Gasteiger partial charge < -0.3 is 15.6 Å². The summed E-state index contributed by atoms with van der Waals surface area (Å²) in [6.45, 7) is 7.78. The zero-order valence-electron chi connectivity index (χ0n) is 24.0. The van der Waals surface area contributed by atoms with Crippen LogP contribution in [0.1, 0.15) is 86.8 Å². The maximum absolute atomic E-state index is 14.4. The maximum Gasteiger partial charge on any atom is 0.275 e. The molecule has 0 bridgehead atoms. The highest BCUT2D eigenvalue weighted by atomic mass is 35.5. The van der Waals surface area contributed by atoms with E-state index < -0.39 is 5.66 Å². The summed E-state index contributed by atoms with van der Waals surface area (Å²) in [7, 11) is 0. The summed E-state index contributed by atoms with van der Waals surface area (Å²) in [5, 5.41) is 3.55. The number of rotatable bonds is 7. The number of halogens is 1. The first-order chi connectivity index (χ1) is 19.6. The number of carbonyl (C=O) groups excluding carboxylic acids is 2. The lowest BCUT2D eigenvalue weighted by molar-refractivity contribution is -0.134. The topological polar surface area (TPSA) is 98.2 Å². The second-order valence-electron chi connectivity index (χ2n) is 12.9. The van der Waals surface area contributed by atoms with Gasteiger partial charge in [-0.15, -0.1) is 0 Å². The predicted molar refractivity (Wildman–Crippen MR) is 162 cm³/mol. The van der Waals surface area contributed by atoms with E-state index in [-0.39, 0.29) is 23.3 Å². The van der Waals surface area contributed by atoms with Crippen LogP contribution < -0.4 is 16.2 Å². The monoisotopic (exact) mass is 574 g/mol. The molecule has 0 saturated heterocycles. The molecule has 2 amide bonds. The van der Waals surface area contributed by atoms with Gasteiger partial charge in [0.25, 0.3) is 11.8 Å². The molecule has 3 N–H and O–H groups in total. The average Bonchev–Trinajstić information content (AvgIpc) is 3.59. The van der Waals surface area contributed by atoms with Crippen molar-refractivity contribution in [3.05, 3.63) is 70.2 Å². The Morgan fingerprint density at radius 3 is 2.34 bits per heavy atom. The summed E-state index contributed by atoms with van der Waals surface area (Å²) in [5.41, 5.74) is 8.50. The fourth-order valence-corrected chi connectivity index (χ4v) is 6.78. The van der Waals surface area contributed by atoms with Gasteiger partial charge in [-0.3, -0.25) is 19.6 Å². The van der Waals surface area contributed by atoms with Crippen molar-refractivity contribution in [2.24, 2.45) is 27.2 Å². The van der Waals surface area contributed by atoms with Crippen molar-refractivity contribution >= 4 is 35.0 Å². The smallest absolute Gasteiger partial charge is 0.275 e. The number of carbonyl (C=O) groups is 2. The lowest BCUT2D eigenvalue weighted by atomic mass is 9.69. The number of hydrogen-bond acceptors (Lipinski definition) is 6. The average molecular weight is 575 g/mol. The summed E-state index contributed by atoms with van der Waals surface area (Å²) in [4.78, 5) is 38.8. The fraction of sp³-hybridized carbons (Fsp3) is 0.500. The second kappa shape index (κ2) is 10.9. The quantitative estimate of drug-likeness (QED) is 0.421. The Morgan fingerprint density at radius 1 is 1.07 bits per heavy atom. The molecule has 6 rings (SSSR count).